The number of hydrogen-bond acceptors (Lipinski definition) is 5. The molecule has 5 rings (SSSR count). The third-order valence-electron chi connectivity index (χ3n) is 6.35. The molecule has 1 aromatic heterocycles. The molecule has 35 heavy (non-hydrogen) atoms. The van der Waals surface area contributed by atoms with Gasteiger partial charge in [0.2, 0.25) is 5.91 Å². The van der Waals surface area contributed by atoms with Crippen molar-refractivity contribution in [2.75, 3.05) is 32.2 Å². The van der Waals surface area contributed by atoms with Gasteiger partial charge < -0.3 is 29.8 Å². The Balaban J connectivity index is 1.32. The molecule has 7 heteroatoms. The van der Waals surface area contributed by atoms with Crippen LogP contribution in [0.4, 0.5) is 5.69 Å². The van der Waals surface area contributed by atoms with Crippen LogP contribution < -0.4 is 24.8 Å². The summed E-state index contributed by atoms with van der Waals surface area (Å²) in [7, 11) is 1.66. The molecule has 0 spiro atoms. The molecule has 1 aliphatic rings. The summed E-state index contributed by atoms with van der Waals surface area (Å²) in [4.78, 5) is 16.3. The number of amides is 1. The van der Waals surface area contributed by atoms with Gasteiger partial charge in [-0.25, -0.2) is 0 Å². The summed E-state index contributed by atoms with van der Waals surface area (Å²) in [6.07, 6.45) is 2.06. The van der Waals surface area contributed by atoms with Gasteiger partial charge in [0.25, 0.3) is 0 Å². The number of nitrogens with one attached hydrogen (secondary N) is 3. The second-order valence-electron chi connectivity index (χ2n) is 8.59. The fraction of sp³-hybridized carbons (Fsp3) is 0.250. The number of aromatic nitrogens is 1. The molecule has 180 valence electrons. The molecule has 2 unspecified atom stereocenters. The topological polar surface area (TPSA) is 84.6 Å². The van der Waals surface area contributed by atoms with Gasteiger partial charge in [-0.2, -0.15) is 0 Å². The Morgan fingerprint density at radius 2 is 1.80 bits per heavy atom. The standard InChI is InChI=1S/C28H29N3O4/c1-18(28(32)31-20-9-12-26-27(15-20)35-14-13-34-26)29-16-23(19-7-10-21(33-2)11-8-19)24-17-30-25-6-4-3-5-22(24)25/h3-12,15,17-18,23,29-30H,13-14,16H2,1-2H3,(H,31,32). The van der Waals surface area contributed by atoms with Crippen LogP contribution >= 0.6 is 0 Å². The number of carbonyl (C=O) groups excluding carboxylic acids is 1. The average molecular weight is 472 g/mol. The van der Waals surface area contributed by atoms with Gasteiger partial charge in [0.1, 0.15) is 19.0 Å². The van der Waals surface area contributed by atoms with Crippen molar-refractivity contribution in [2.45, 2.75) is 18.9 Å². The van der Waals surface area contributed by atoms with Crippen molar-refractivity contribution in [1.29, 1.82) is 0 Å². The molecule has 1 amide bonds. The number of fused-ring (bicyclic) bond motifs is 2. The highest BCUT2D eigenvalue weighted by molar-refractivity contribution is 5.95. The zero-order valence-electron chi connectivity index (χ0n) is 19.8. The highest BCUT2D eigenvalue weighted by Gasteiger charge is 2.21. The number of carbonyl (C=O) groups is 1. The molecule has 7 nitrogen and oxygen atoms in total. The van der Waals surface area contributed by atoms with Gasteiger partial charge in [-0.05, 0) is 48.4 Å². The van der Waals surface area contributed by atoms with Gasteiger partial charge in [0, 0.05) is 41.3 Å². The molecule has 0 saturated heterocycles. The second-order valence-corrected chi connectivity index (χ2v) is 8.59. The van der Waals surface area contributed by atoms with E-state index in [1.807, 2.05) is 43.3 Å². The highest BCUT2D eigenvalue weighted by atomic mass is 16.6. The highest BCUT2D eigenvalue weighted by Crippen LogP contribution is 2.33. The van der Waals surface area contributed by atoms with Crippen molar-refractivity contribution >= 4 is 22.5 Å². The molecule has 3 aromatic carbocycles. The van der Waals surface area contributed by atoms with Crippen LogP contribution in [0.2, 0.25) is 0 Å². The normalized spacial score (nSPS) is 14.3. The molecule has 0 saturated carbocycles. The van der Waals surface area contributed by atoms with E-state index in [0.29, 0.717) is 36.9 Å². The van der Waals surface area contributed by atoms with Crippen molar-refractivity contribution in [2.24, 2.45) is 0 Å². The summed E-state index contributed by atoms with van der Waals surface area (Å²) in [5.41, 5.74) is 4.09. The molecule has 4 aromatic rings. The number of ether oxygens (including phenoxy) is 3. The second kappa shape index (κ2) is 10.1. The Morgan fingerprint density at radius 1 is 1.03 bits per heavy atom. The molecule has 3 N–H and O–H groups in total. The van der Waals surface area contributed by atoms with Crippen LogP contribution in [0.1, 0.15) is 24.0 Å². The Morgan fingerprint density at radius 3 is 2.60 bits per heavy atom. The maximum atomic E-state index is 12.9. The van der Waals surface area contributed by atoms with E-state index in [0.717, 1.165) is 16.8 Å². The van der Waals surface area contributed by atoms with Crippen LogP contribution in [0.15, 0.2) is 72.9 Å². The van der Waals surface area contributed by atoms with Gasteiger partial charge in [-0.15, -0.1) is 0 Å². The van der Waals surface area contributed by atoms with Crippen molar-refractivity contribution in [3.8, 4) is 17.2 Å². The zero-order valence-corrected chi connectivity index (χ0v) is 19.8. The Labute approximate surface area is 204 Å². The van der Waals surface area contributed by atoms with E-state index in [1.54, 1.807) is 13.2 Å². The lowest BCUT2D eigenvalue weighted by molar-refractivity contribution is -0.117. The molecular formula is C28H29N3O4. The van der Waals surface area contributed by atoms with E-state index in [2.05, 4.69) is 46.1 Å². The van der Waals surface area contributed by atoms with E-state index >= 15 is 0 Å². The molecule has 0 aliphatic carbocycles. The van der Waals surface area contributed by atoms with Crippen molar-refractivity contribution < 1.29 is 19.0 Å². The Hall–Kier alpha value is -3.97. The van der Waals surface area contributed by atoms with E-state index in [9.17, 15) is 4.79 Å². The van der Waals surface area contributed by atoms with E-state index in [4.69, 9.17) is 14.2 Å². The molecule has 0 radical (unpaired) electrons. The first-order valence-electron chi connectivity index (χ1n) is 11.8. The number of anilines is 1. The fourth-order valence-electron chi connectivity index (χ4n) is 4.38. The summed E-state index contributed by atoms with van der Waals surface area (Å²) in [6, 6.07) is 21.4. The number of aromatic amines is 1. The minimum atomic E-state index is -0.408. The maximum Gasteiger partial charge on any atom is 0.241 e. The number of benzene rings is 3. The molecular weight excluding hydrogens is 442 g/mol. The maximum absolute atomic E-state index is 12.9. The van der Waals surface area contributed by atoms with Crippen LogP contribution in [0.25, 0.3) is 10.9 Å². The fourth-order valence-corrected chi connectivity index (χ4v) is 4.38. The molecule has 1 aliphatic heterocycles. The van der Waals surface area contributed by atoms with E-state index < -0.39 is 6.04 Å². The Kier molecular flexibility index (Phi) is 6.59. The average Bonchev–Trinajstić information content (AvgIpc) is 3.33. The first-order chi connectivity index (χ1) is 17.1. The smallest absolute Gasteiger partial charge is 0.241 e. The zero-order chi connectivity index (χ0) is 24.2. The monoisotopic (exact) mass is 471 g/mol. The predicted octanol–water partition coefficient (Wildman–Crippen LogP) is 4.70. The van der Waals surface area contributed by atoms with Crippen LogP contribution in [0.3, 0.4) is 0 Å². The number of rotatable bonds is 8. The third kappa shape index (κ3) is 4.95. The SMILES string of the molecule is COc1ccc(C(CNC(C)C(=O)Nc2ccc3c(c2)OCCO3)c2c[nH]c3ccccc23)cc1. The van der Waals surface area contributed by atoms with Crippen molar-refractivity contribution in [1.82, 2.24) is 10.3 Å². The van der Waals surface area contributed by atoms with Gasteiger partial charge in [-0.3, -0.25) is 4.79 Å². The first kappa shape index (κ1) is 22.8. The predicted molar refractivity (Wildman–Crippen MR) is 137 cm³/mol. The van der Waals surface area contributed by atoms with E-state index in [-0.39, 0.29) is 11.8 Å². The van der Waals surface area contributed by atoms with Crippen molar-refractivity contribution in [3.63, 3.8) is 0 Å². The Bertz CT molecular complexity index is 1320. The van der Waals surface area contributed by atoms with Crippen LogP contribution in [0, 0.1) is 0 Å². The summed E-state index contributed by atoms with van der Waals surface area (Å²) in [5.74, 6) is 2.08. The summed E-state index contributed by atoms with van der Waals surface area (Å²) >= 11 is 0. The molecule has 0 bridgehead atoms. The summed E-state index contributed by atoms with van der Waals surface area (Å²) in [5, 5.41) is 7.58. The van der Waals surface area contributed by atoms with Crippen LogP contribution in [0.5, 0.6) is 17.2 Å². The first-order valence-corrected chi connectivity index (χ1v) is 11.8. The lowest BCUT2D eigenvalue weighted by Gasteiger charge is -2.22. The van der Waals surface area contributed by atoms with Crippen molar-refractivity contribution in [3.05, 3.63) is 84.1 Å². The van der Waals surface area contributed by atoms with Gasteiger partial charge in [0.15, 0.2) is 11.5 Å². The minimum absolute atomic E-state index is 0.0431. The lowest BCUT2D eigenvalue weighted by Crippen LogP contribution is -2.40. The summed E-state index contributed by atoms with van der Waals surface area (Å²) < 4.78 is 16.5. The minimum Gasteiger partial charge on any atom is -0.497 e. The van der Waals surface area contributed by atoms with Crippen LogP contribution in [-0.2, 0) is 4.79 Å². The van der Waals surface area contributed by atoms with E-state index in [1.165, 1.54) is 10.9 Å². The number of hydrogen-bond donors (Lipinski definition) is 3. The largest absolute Gasteiger partial charge is 0.497 e. The van der Waals surface area contributed by atoms with Crippen LogP contribution in [-0.4, -0.2) is 43.8 Å². The van der Waals surface area contributed by atoms with Gasteiger partial charge >= 0.3 is 0 Å². The number of methoxy groups -OCH3 is 1. The van der Waals surface area contributed by atoms with Gasteiger partial charge in [0.05, 0.1) is 13.2 Å². The van der Waals surface area contributed by atoms with Gasteiger partial charge in [-0.1, -0.05) is 30.3 Å². The third-order valence-corrected chi connectivity index (χ3v) is 6.35. The number of para-hydroxylation sites is 1. The quantitative estimate of drug-likeness (QED) is 0.347. The number of H-pyrrole nitrogens is 1. The molecule has 2 heterocycles. The lowest BCUT2D eigenvalue weighted by atomic mass is 9.90. The molecule has 0 fully saturated rings. The summed E-state index contributed by atoms with van der Waals surface area (Å²) in [6.45, 7) is 3.49. The molecule has 2 atom stereocenters.